The van der Waals surface area contributed by atoms with E-state index in [9.17, 15) is 9.18 Å². The number of carbonyl (C=O) groups is 1. The van der Waals surface area contributed by atoms with E-state index >= 15 is 0 Å². The molecule has 1 N–H and O–H groups in total. The summed E-state index contributed by atoms with van der Waals surface area (Å²) in [5, 5.41) is 7.41. The van der Waals surface area contributed by atoms with Gasteiger partial charge in [0.1, 0.15) is 11.5 Å². The molecule has 1 atom stereocenters. The number of aryl methyl sites for hydroxylation is 1. The van der Waals surface area contributed by atoms with Crippen molar-refractivity contribution >= 4 is 5.91 Å². The van der Waals surface area contributed by atoms with Crippen LogP contribution in [0.2, 0.25) is 0 Å². The van der Waals surface area contributed by atoms with Crippen LogP contribution in [0.1, 0.15) is 38.8 Å². The molecule has 0 saturated heterocycles. The first kappa shape index (κ1) is 18.3. The summed E-state index contributed by atoms with van der Waals surface area (Å²) in [5.74, 6) is -0.404. The van der Waals surface area contributed by atoms with E-state index in [0.717, 1.165) is 27.9 Å². The molecule has 1 unspecified atom stereocenters. The Kier molecular flexibility index (Phi) is 4.43. The van der Waals surface area contributed by atoms with Gasteiger partial charge in [-0.1, -0.05) is 72.3 Å². The third kappa shape index (κ3) is 3.08. The fraction of sp³-hybridized carbons (Fsp3) is 0.120. The molecule has 5 rings (SSSR count). The number of aromatic nitrogens is 2. The van der Waals surface area contributed by atoms with Crippen molar-refractivity contribution in [1.82, 2.24) is 15.1 Å². The van der Waals surface area contributed by atoms with E-state index in [4.69, 9.17) is 0 Å². The van der Waals surface area contributed by atoms with E-state index in [1.807, 2.05) is 66.4 Å². The minimum absolute atomic E-state index is 0.102. The number of benzene rings is 3. The van der Waals surface area contributed by atoms with Crippen LogP contribution in [0, 0.1) is 12.7 Å². The van der Waals surface area contributed by atoms with E-state index in [1.165, 1.54) is 17.7 Å². The molecule has 1 aliphatic rings. The molecule has 3 aromatic carbocycles. The first-order valence-electron chi connectivity index (χ1n) is 9.87. The maximum absolute atomic E-state index is 13.6. The molecule has 30 heavy (non-hydrogen) atoms. The molecule has 0 radical (unpaired) electrons. The summed E-state index contributed by atoms with van der Waals surface area (Å²) in [6.07, 6.45) is 0. The maximum Gasteiger partial charge on any atom is 0.273 e. The molecule has 148 valence electrons. The molecule has 0 aliphatic carbocycles. The van der Waals surface area contributed by atoms with Crippen LogP contribution in [-0.4, -0.2) is 21.0 Å². The minimum Gasteiger partial charge on any atom is -0.322 e. The van der Waals surface area contributed by atoms with Crippen LogP contribution < -0.4 is 0 Å². The lowest BCUT2D eigenvalue weighted by Gasteiger charge is -2.26. The molecule has 1 aromatic heterocycles. The number of nitrogens with zero attached hydrogens (tertiary/aromatic N) is 2. The van der Waals surface area contributed by atoms with E-state index in [0.29, 0.717) is 12.2 Å². The van der Waals surface area contributed by atoms with Crippen molar-refractivity contribution in [2.45, 2.75) is 19.5 Å². The van der Waals surface area contributed by atoms with Crippen LogP contribution in [0.15, 0.2) is 78.9 Å². The highest BCUT2D eigenvalue weighted by Gasteiger charge is 2.42. The lowest BCUT2D eigenvalue weighted by Crippen LogP contribution is -2.29. The van der Waals surface area contributed by atoms with Gasteiger partial charge < -0.3 is 4.90 Å². The van der Waals surface area contributed by atoms with Crippen molar-refractivity contribution < 1.29 is 9.18 Å². The fourth-order valence-electron chi connectivity index (χ4n) is 4.06. The van der Waals surface area contributed by atoms with Crippen molar-refractivity contribution in [1.29, 1.82) is 0 Å². The molecule has 4 nitrogen and oxygen atoms in total. The van der Waals surface area contributed by atoms with Crippen LogP contribution in [0.25, 0.3) is 11.3 Å². The van der Waals surface area contributed by atoms with Gasteiger partial charge >= 0.3 is 0 Å². The van der Waals surface area contributed by atoms with Crippen molar-refractivity contribution in [3.8, 4) is 11.3 Å². The molecule has 1 aliphatic heterocycles. The number of rotatable bonds is 4. The van der Waals surface area contributed by atoms with Crippen molar-refractivity contribution in [3.05, 3.63) is 113 Å². The summed E-state index contributed by atoms with van der Waals surface area (Å²) in [4.78, 5) is 15.2. The van der Waals surface area contributed by atoms with Gasteiger partial charge in [-0.05, 0) is 30.2 Å². The first-order chi connectivity index (χ1) is 14.6. The van der Waals surface area contributed by atoms with Gasteiger partial charge in [0, 0.05) is 17.7 Å². The van der Waals surface area contributed by atoms with Gasteiger partial charge in [-0.25, -0.2) is 4.39 Å². The van der Waals surface area contributed by atoms with E-state index in [2.05, 4.69) is 10.2 Å². The minimum atomic E-state index is -0.344. The monoisotopic (exact) mass is 397 g/mol. The highest BCUT2D eigenvalue weighted by molar-refractivity contribution is 6.00. The summed E-state index contributed by atoms with van der Waals surface area (Å²) in [6, 6.07) is 24.0. The van der Waals surface area contributed by atoms with Crippen LogP contribution in [0.4, 0.5) is 4.39 Å². The second-order valence-corrected chi connectivity index (χ2v) is 7.60. The first-order valence-corrected chi connectivity index (χ1v) is 9.87. The predicted octanol–water partition coefficient (Wildman–Crippen LogP) is 5.27. The Morgan fingerprint density at radius 1 is 0.967 bits per heavy atom. The second-order valence-electron chi connectivity index (χ2n) is 7.60. The Balaban J connectivity index is 1.63. The van der Waals surface area contributed by atoms with E-state index in [1.54, 1.807) is 12.1 Å². The topological polar surface area (TPSA) is 49.0 Å². The normalized spacial score (nSPS) is 15.5. The Hall–Kier alpha value is -3.73. The van der Waals surface area contributed by atoms with Crippen molar-refractivity contribution in [2.75, 3.05) is 0 Å². The zero-order valence-electron chi connectivity index (χ0n) is 16.5. The molecule has 4 aromatic rings. The van der Waals surface area contributed by atoms with Gasteiger partial charge in [0.15, 0.2) is 0 Å². The Morgan fingerprint density at radius 2 is 1.67 bits per heavy atom. The smallest absolute Gasteiger partial charge is 0.273 e. The Labute approximate surface area is 174 Å². The lowest BCUT2D eigenvalue weighted by atomic mass is 9.96. The largest absolute Gasteiger partial charge is 0.322 e. The molecule has 0 saturated carbocycles. The molecule has 0 bridgehead atoms. The second kappa shape index (κ2) is 7.26. The highest BCUT2D eigenvalue weighted by atomic mass is 19.1. The standard InChI is InChI=1S/C25H20FN3O/c1-16-7-9-17(10-8-16)15-29-24(19-11-13-20(26)14-12-19)21-22(18-5-3-2-4-6-18)27-28-23(21)25(29)30/h2-14,24H,15H2,1H3,(H,27,28). The molecule has 1 amide bonds. The fourth-order valence-corrected chi connectivity index (χ4v) is 4.06. The summed E-state index contributed by atoms with van der Waals surface area (Å²) in [6.45, 7) is 2.49. The van der Waals surface area contributed by atoms with Crippen LogP contribution in [0.5, 0.6) is 0 Å². The number of H-pyrrole nitrogens is 1. The number of halogens is 1. The average molecular weight is 397 g/mol. The summed E-state index contributed by atoms with van der Waals surface area (Å²) in [5.41, 5.74) is 6.09. The SMILES string of the molecule is Cc1ccc(CN2C(=O)c3[nH]nc(-c4ccccc4)c3C2c2ccc(F)cc2)cc1. The third-order valence-electron chi connectivity index (χ3n) is 5.57. The zero-order chi connectivity index (χ0) is 20.7. The van der Waals surface area contributed by atoms with Gasteiger partial charge in [-0.15, -0.1) is 0 Å². The average Bonchev–Trinajstić information content (AvgIpc) is 3.31. The van der Waals surface area contributed by atoms with Crippen molar-refractivity contribution in [2.24, 2.45) is 0 Å². The zero-order valence-corrected chi connectivity index (χ0v) is 16.5. The van der Waals surface area contributed by atoms with E-state index < -0.39 is 0 Å². The van der Waals surface area contributed by atoms with Crippen LogP contribution >= 0.6 is 0 Å². The number of hydrogen-bond donors (Lipinski definition) is 1. The molecule has 5 heteroatoms. The molecular formula is C25H20FN3O. The third-order valence-corrected chi connectivity index (χ3v) is 5.57. The molecular weight excluding hydrogens is 377 g/mol. The van der Waals surface area contributed by atoms with Gasteiger partial charge in [0.25, 0.3) is 5.91 Å². The molecule has 2 heterocycles. The maximum atomic E-state index is 13.6. The number of fused-ring (bicyclic) bond motifs is 1. The van der Waals surface area contributed by atoms with Crippen LogP contribution in [0.3, 0.4) is 0 Å². The van der Waals surface area contributed by atoms with Gasteiger partial charge in [0.2, 0.25) is 0 Å². The summed E-state index contributed by atoms with van der Waals surface area (Å²) in [7, 11) is 0. The number of amides is 1. The molecule has 0 fully saturated rings. The summed E-state index contributed by atoms with van der Waals surface area (Å²) >= 11 is 0. The Bertz CT molecular complexity index is 1200. The van der Waals surface area contributed by atoms with E-state index in [-0.39, 0.29) is 17.8 Å². The van der Waals surface area contributed by atoms with Gasteiger partial charge in [-0.3, -0.25) is 9.89 Å². The number of hydrogen-bond acceptors (Lipinski definition) is 2. The quantitative estimate of drug-likeness (QED) is 0.510. The number of aromatic amines is 1. The number of nitrogens with one attached hydrogen (secondary N) is 1. The van der Waals surface area contributed by atoms with Gasteiger partial charge in [0.05, 0.1) is 11.7 Å². The lowest BCUT2D eigenvalue weighted by molar-refractivity contribution is 0.0730. The Morgan fingerprint density at radius 3 is 2.37 bits per heavy atom. The number of carbonyl (C=O) groups excluding carboxylic acids is 1. The highest BCUT2D eigenvalue weighted by Crippen LogP contribution is 2.43. The molecule has 0 spiro atoms. The predicted molar refractivity (Wildman–Crippen MR) is 113 cm³/mol. The van der Waals surface area contributed by atoms with Crippen LogP contribution in [-0.2, 0) is 6.54 Å². The van der Waals surface area contributed by atoms with Crippen molar-refractivity contribution in [3.63, 3.8) is 0 Å². The van der Waals surface area contributed by atoms with Gasteiger partial charge in [-0.2, -0.15) is 5.10 Å². The summed E-state index contributed by atoms with van der Waals surface area (Å²) < 4.78 is 13.6.